The summed E-state index contributed by atoms with van der Waals surface area (Å²) in [6.45, 7) is 6.26. The maximum absolute atomic E-state index is 5.93. The van der Waals surface area contributed by atoms with Crippen molar-refractivity contribution >= 4 is 11.3 Å². The molecule has 0 amide bonds. The predicted molar refractivity (Wildman–Crippen MR) is 76.2 cm³/mol. The second-order valence-electron chi connectivity index (χ2n) is 5.05. The molecule has 102 valence electrons. The van der Waals surface area contributed by atoms with Crippen LogP contribution in [0.4, 0.5) is 0 Å². The van der Waals surface area contributed by atoms with E-state index in [1.54, 1.807) is 11.3 Å². The number of aryl methyl sites for hydroxylation is 1. The molecule has 0 aliphatic carbocycles. The van der Waals surface area contributed by atoms with Gasteiger partial charge in [-0.2, -0.15) is 0 Å². The Kier molecular flexibility index (Phi) is 5.60. The number of ether oxygens (including phenoxy) is 1. The summed E-state index contributed by atoms with van der Waals surface area (Å²) >= 11 is 1.77. The van der Waals surface area contributed by atoms with Crippen LogP contribution in [0.3, 0.4) is 0 Å². The van der Waals surface area contributed by atoms with Crippen LogP contribution in [-0.2, 0) is 11.2 Å². The number of nitrogens with one attached hydrogen (secondary N) is 1. The zero-order valence-corrected chi connectivity index (χ0v) is 12.3. The van der Waals surface area contributed by atoms with Gasteiger partial charge in [-0.25, -0.2) is 4.98 Å². The maximum atomic E-state index is 5.93. The second-order valence-corrected chi connectivity index (χ2v) is 6.00. The van der Waals surface area contributed by atoms with Gasteiger partial charge in [0.25, 0.3) is 0 Å². The summed E-state index contributed by atoms with van der Waals surface area (Å²) in [4.78, 5) is 4.58. The molecule has 3 nitrogen and oxygen atoms in total. The van der Waals surface area contributed by atoms with Gasteiger partial charge < -0.3 is 10.1 Å². The van der Waals surface area contributed by atoms with Gasteiger partial charge in [-0.3, -0.25) is 0 Å². The second kappa shape index (κ2) is 7.22. The molecule has 1 N–H and O–H groups in total. The van der Waals surface area contributed by atoms with Crippen molar-refractivity contribution in [2.75, 3.05) is 13.2 Å². The van der Waals surface area contributed by atoms with Gasteiger partial charge in [0.15, 0.2) is 0 Å². The van der Waals surface area contributed by atoms with Crippen LogP contribution in [-0.4, -0.2) is 30.3 Å². The molecule has 1 saturated heterocycles. The summed E-state index contributed by atoms with van der Waals surface area (Å²) in [5.74, 6) is 0. The Morgan fingerprint density at radius 3 is 3.06 bits per heavy atom. The van der Waals surface area contributed by atoms with E-state index in [1.807, 2.05) is 0 Å². The Hall–Kier alpha value is -0.450. The number of nitrogens with zero attached hydrogens (tertiary/aromatic N) is 1. The fourth-order valence-electron chi connectivity index (χ4n) is 2.43. The van der Waals surface area contributed by atoms with Crippen molar-refractivity contribution in [3.8, 4) is 0 Å². The number of aromatic nitrogens is 1. The van der Waals surface area contributed by atoms with Gasteiger partial charge in [-0.1, -0.05) is 6.92 Å². The molecule has 2 rings (SSSR count). The summed E-state index contributed by atoms with van der Waals surface area (Å²) in [7, 11) is 0. The third-order valence-electron chi connectivity index (χ3n) is 3.38. The first-order valence-corrected chi connectivity index (χ1v) is 7.93. The first-order chi connectivity index (χ1) is 8.79. The van der Waals surface area contributed by atoms with E-state index in [9.17, 15) is 0 Å². The minimum atomic E-state index is 0.370. The molecule has 2 heterocycles. The molecule has 4 heteroatoms. The predicted octanol–water partition coefficient (Wildman–Crippen LogP) is 2.93. The van der Waals surface area contributed by atoms with Crippen LogP contribution in [0.2, 0.25) is 0 Å². The Balaban J connectivity index is 1.94. The summed E-state index contributed by atoms with van der Waals surface area (Å²) in [5, 5.41) is 7.00. The van der Waals surface area contributed by atoms with Crippen molar-refractivity contribution in [1.29, 1.82) is 0 Å². The highest BCUT2D eigenvalue weighted by Gasteiger charge is 2.25. The van der Waals surface area contributed by atoms with E-state index in [1.165, 1.54) is 30.7 Å². The van der Waals surface area contributed by atoms with Crippen molar-refractivity contribution in [3.05, 3.63) is 16.1 Å². The van der Waals surface area contributed by atoms with Crippen molar-refractivity contribution < 1.29 is 4.74 Å². The number of hydrogen-bond donors (Lipinski definition) is 1. The molecule has 2 unspecified atom stereocenters. The minimum Gasteiger partial charge on any atom is -0.377 e. The molecule has 0 aromatic carbocycles. The van der Waals surface area contributed by atoms with E-state index < -0.39 is 0 Å². The quantitative estimate of drug-likeness (QED) is 0.861. The molecule has 2 atom stereocenters. The minimum absolute atomic E-state index is 0.370. The van der Waals surface area contributed by atoms with Crippen molar-refractivity contribution in [3.63, 3.8) is 0 Å². The molecule has 18 heavy (non-hydrogen) atoms. The molecular weight excluding hydrogens is 244 g/mol. The zero-order valence-electron chi connectivity index (χ0n) is 11.4. The number of rotatable bonds is 6. The zero-order chi connectivity index (χ0) is 12.8. The highest BCUT2D eigenvalue weighted by atomic mass is 32.1. The monoisotopic (exact) mass is 268 g/mol. The fraction of sp³-hybridized carbons (Fsp3) is 0.786. The van der Waals surface area contributed by atoms with Gasteiger partial charge in [-0.05, 0) is 39.2 Å². The molecule has 1 fully saturated rings. The Labute approximate surface area is 114 Å². The SMILES string of the molecule is CCCNC(Cc1nc(C)cs1)C1CCCCO1. The Bertz CT molecular complexity index is 347. The van der Waals surface area contributed by atoms with E-state index in [-0.39, 0.29) is 0 Å². The lowest BCUT2D eigenvalue weighted by Crippen LogP contribution is -2.44. The lowest BCUT2D eigenvalue weighted by Gasteiger charge is -2.30. The van der Waals surface area contributed by atoms with Crippen LogP contribution < -0.4 is 5.32 Å². The first-order valence-electron chi connectivity index (χ1n) is 7.05. The van der Waals surface area contributed by atoms with Crippen LogP contribution in [0.5, 0.6) is 0 Å². The average Bonchev–Trinajstić information content (AvgIpc) is 2.81. The van der Waals surface area contributed by atoms with Crippen LogP contribution in [0.15, 0.2) is 5.38 Å². The largest absolute Gasteiger partial charge is 0.377 e. The lowest BCUT2D eigenvalue weighted by molar-refractivity contribution is -0.00738. The fourth-order valence-corrected chi connectivity index (χ4v) is 3.26. The summed E-state index contributed by atoms with van der Waals surface area (Å²) in [5.41, 5.74) is 1.13. The van der Waals surface area contributed by atoms with E-state index in [4.69, 9.17) is 4.74 Å². The van der Waals surface area contributed by atoms with Gasteiger partial charge >= 0.3 is 0 Å². The molecular formula is C14H24N2OS. The van der Waals surface area contributed by atoms with Crippen LogP contribution in [0.1, 0.15) is 43.3 Å². The lowest BCUT2D eigenvalue weighted by atomic mass is 9.99. The van der Waals surface area contributed by atoms with Crippen LogP contribution in [0.25, 0.3) is 0 Å². The smallest absolute Gasteiger partial charge is 0.0944 e. The molecule has 0 bridgehead atoms. The Morgan fingerprint density at radius 1 is 1.56 bits per heavy atom. The van der Waals surface area contributed by atoms with E-state index in [0.717, 1.165) is 25.3 Å². The summed E-state index contributed by atoms with van der Waals surface area (Å²) < 4.78 is 5.93. The van der Waals surface area contributed by atoms with Crippen molar-refractivity contribution in [2.45, 2.75) is 58.1 Å². The third kappa shape index (κ3) is 4.04. The van der Waals surface area contributed by atoms with E-state index in [0.29, 0.717) is 12.1 Å². The third-order valence-corrected chi connectivity index (χ3v) is 4.37. The van der Waals surface area contributed by atoms with Gasteiger partial charge in [-0.15, -0.1) is 11.3 Å². The molecule has 1 aromatic rings. The normalized spacial score (nSPS) is 22.0. The van der Waals surface area contributed by atoms with Crippen molar-refractivity contribution in [1.82, 2.24) is 10.3 Å². The van der Waals surface area contributed by atoms with Crippen molar-refractivity contribution in [2.24, 2.45) is 0 Å². The number of hydrogen-bond acceptors (Lipinski definition) is 4. The highest BCUT2D eigenvalue weighted by molar-refractivity contribution is 7.09. The van der Waals surface area contributed by atoms with Gasteiger partial charge in [0.05, 0.1) is 11.1 Å². The summed E-state index contributed by atoms with van der Waals surface area (Å²) in [6, 6.07) is 0.427. The highest BCUT2D eigenvalue weighted by Crippen LogP contribution is 2.20. The average molecular weight is 268 g/mol. The van der Waals surface area contributed by atoms with Crippen LogP contribution >= 0.6 is 11.3 Å². The van der Waals surface area contributed by atoms with Crippen LogP contribution in [0, 0.1) is 6.92 Å². The van der Waals surface area contributed by atoms with E-state index in [2.05, 4.69) is 29.5 Å². The molecule has 0 radical (unpaired) electrons. The van der Waals surface area contributed by atoms with Gasteiger partial charge in [0.1, 0.15) is 0 Å². The molecule has 0 saturated carbocycles. The van der Waals surface area contributed by atoms with E-state index >= 15 is 0 Å². The maximum Gasteiger partial charge on any atom is 0.0944 e. The Morgan fingerprint density at radius 2 is 2.44 bits per heavy atom. The number of thiazole rings is 1. The molecule has 0 spiro atoms. The molecule has 1 aromatic heterocycles. The first kappa shape index (κ1) is 14.0. The molecule has 1 aliphatic rings. The topological polar surface area (TPSA) is 34.2 Å². The standard InChI is InChI=1S/C14H24N2OS/c1-3-7-15-12(13-6-4-5-8-17-13)9-14-16-11(2)10-18-14/h10,12-13,15H,3-9H2,1-2H3. The van der Waals surface area contributed by atoms with Gasteiger partial charge in [0, 0.05) is 30.1 Å². The molecule has 1 aliphatic heterocycles. The van der Waals surface area contributed by atoms with Gasteiger partial charge in [0.2, 0.25) is 0 Å². The summed E-state index contributed by atoms with van der Waals surface area (Å²) in [6.07, 6.45) is 6.24.